The maximum absolute atomic E-state index is 12.7. The third kappa shape index (κ3) is 6.17. The van der Waals surface area contributed by atoms with Crippen LogP contribution in [-0.4, -0.2) is 52.9 Å². The second-order valence-corrected chi connectivity index (χ2v) is 10.4. The number of rotatable bonds is 5. The molecule has 2 fully saturated rings. The largest absolute Gasteiger partial charge is 0.460 e. The van der Waals surface area contributed by atoms with Crippen molar-refractivity contribution in [2.24, 2.45) is 5.92 Å². The Morgan fingerprint density at radius 3 is 2.54 bits per heavy atom. The number of hydrogen-bond acceptors (Lipinski definition) is 6. The predicted octanol–water partition coefficient (Wildman–Crippen LogP) is 6.57. The van der Waals surface area contributed by atoms with Gasteiger partial charge >= 0.3 is 0 Å². The second-order valence-electron chi connectivity index (χ2n) is 10.4. The van der Waals surface area contributed by atoms with Gasteiger partial charge in [0.25, 0.3) is 5.91 Å². The molecule has 39 heavy (non-hydrogen) atoms. The van der Waals surface area contributed by atoms with Gasteiger partial charge in [-0.05, 0) is 76.7 Å². The Morgan fingerprint density at radius 1 is 1.18 bits per heavy atom. The molecule has 1 atom stereocenters. The molecule has 1 N–H and O–H groups in total. The maximum Gasteiger partial charge on any atom is 0.255 e. The van der Waals surface area contributed by atoms with Gasteiger partial charge in [0.2, 0.25) is 0 Å². The van der Waals surface area contributed by atoms with Crippen LogP contribution in [0.3, 0.4) is 0 Å². The lowest BCUT2D eigenvalue weighted by Crippen LogP contribution is -2.39. The summed E-state index contributed by atoms with van der Waals surface area (Å²) in [5, 5.41) is 8.08. The highest BCUT2D eigenvalue weighted by atomic mass is 16.5. The average molecular weight is 533 g/mol. The molecule has 0 spiro atoms. The van der Waals surface area contributed by atoms with Gasteiger partial charge in [-0.25, -0.2) is 4.52 Å². The summed E-state index contributed by atoms with van der Waals surface area (Å²) in [6.45, 7) is 12.6. The van der Waals surface area contributed by atoms with Gasteiger partial charge in [-0.1, -0.05) is 20.8 Å². The lowest BCUT2D eigenvalue weighted by molar-refractivity contribution is 0.0916. The fourth-order valence-corrected chi connectivity index (χ4v) is 5.08. The molecule has 1 saturated heterocycles. The first kappa shape index (κ1) is 28.4. The van der Waals surface area contributed by atoms with E-state index >= 15 is 0 Å². The van der Waals surface area contributed by atoms with Crippen molar-refractivity contribution in [2.75, 3.05) is 20.1 Å². The number of carbonyl (C=O) groups excluding carboxylic acids is 2. The number of carbonyl (C=O) groups is 2. The Morgan fingerprint density at radius 2 is 1.95 bits per heavy atom. The number of aryl methyl sites for hydroxylation is 2. The van der Waals surface area contributed by atoms with Gasteiger partial charge in [0, 0.05) is 41.9 Å². The molecule has 1 unspecified atom stereocenters. The molecule has 1 aliphatic carbocycles. The zero-order valence-corrected chi connectivity index (χ0v) is 23.9. The van der Waals surface area contributed by atoms with E-state index in [1.54, 1.807) is 36.0 Å². The van der Waals surface area contributed by atoms with Crippen LogP contribution in [-0.2, 0) is 0 Å². The summed E-state index contributed by atoms with van der Waals surface area (Å²) in [5.41, 5.74) is 3.27. The van der Waals surface area contributed by atoms with Crippen molar-refractivity contribution in [3.05, 3.63) is 59.1 Å². The van der Waals surface area contributed by atoms with Crippen LogP contribution in [0.15, 0.2) is 41.1 Å². The Kier molecular flexibility index (Phi) is 9.07. The van der Waals surface area contributed by atoms with Crippen molar-refractivity contribution in [3.8, 4) is 11.5 Å². The minimum absolute atomic E-state index is 0.0920. The van der Waals surface area contributed by atoms with Crippen molar-refractivity contribution in [1.29, 1.82) is 0 Å². The van der Waals surface area contributed by atoms with Crippen LogP contribution in [0.2, 0.25) is 0 Å². The molecule has 1 aromatic carbocycles. The Bertz CT molecular complexity index is 1440. The maximum atomic E-state index is 12.7. The molecule has 1 amide bonds. The first-order valence-corrected chi connectivity index (χ1v) is 14.0. The van der Waals surface area contributed by atoms with Gasteiger partial charge in [0.1, 0.15) is 22.6 Å². The predicted molar refractivity (Wildman–Crippen MR) is 154 cm³/mol. The average Bonchev–Trinajstić information content (AvgIpc) is 3.56. The number of fused-ring (bicyclic) bond motifs is 2. The number of nitrogens with zero attached hydrogens (tertiary/aromatic N) is 3. The molecule has 6 rings (SSSR count). The van der Waals surface area contributed by atoms with Gasteiger partial charge in [-0.15, -0.1) is 0 Å². The van der Waals surface area contributed by atoms with Gasteiger partial charge in [0.05, 0.1) is 11.8 Å². The fraction of sp³-hybridized carbons (Fsp3) is 0.452. The Hall–Kier alpha value is -3.65. The number of likely N-dealkylation sites (tertiary alicyclic amines) is 1. The highest BCUT2D eigenvalue weighted by Crippen LogP contribution is 2.34. The fourth-order valence-electron chi connectivity index (χ4n) is 5.08. The summed E-state index contributed by atoms with van der Waals surface area (Å²) >= 11 is 0. The number of hydrogen-bond donors (Lipinski definition) is 1. The molecule has 8 heteroatoms. The molecule has 0 radical (unpaired) electrons. The van der Waals surface area contributed by atoms with Gasteiger partial charge in [0.15, 0.2) is 12.0 Å². The molecule has 208 valence electrons. The van der Waals surface area contributed by atoms with Crippen molar-refractivity contribution < 1.29 is 18.7 Å². The van der Waals surface area contributed by atoms with Crippen LogP contribution in [0, 0.1) is 19.8 Å². The van der Waals surface area contributed by atoms with E-state index in [2.05, 4.69) is 29.3 Å². The molecular weight excluding hydrogens is 492 g/mol. The number of benzene rings is 1. The normalized spacial score (nSPS) is 17.1. The van der Waals surface area contributed by atoms with E-state index in [0.717, 1.165) is 47.9 Å². The topological polar surface area (TPSA) is 89.1 Å². The number of nitrogens with one attached hydrogen (secondary N) is 1. The van der Waals surface area contributed by atoms with Crippen LogP contribution < -0.4 is 10.1 Å². The smallest absolute Gasteiger partial charge is 0.255 e. The highest BCUT2D eigenvalue weighted by molar-refractivity contribution is 6.07. The van der Waals surface area contributed by atoms with E-state index in [1.807, 2.05) is 32.9 Å². The van der Waals surface area contributed by atoms with Crippen molar-refractivity contribution in [2.45, 2.75) is 66.3 Å². The minimum atomic E-state index is -0.0920. The van der Waals surface area contributed by atoms with Crippen LogP contribution in [0.25, 0.3) is 16.5 Å². The quantitative estimate of drug-likeness (QED) is 0.293. The lowest BCUT2D eigenvalue weighted by atomic mass is 9.93. The van der Waals surface area contributed by atoms with E-state index < -0.39 is 0 Å². The van der Waals surface area contributed by atoms with E-state index in [4.69, 9.17) is 9.15 Å². The summed E-state index contributed by atoms with van der Waals surface area (Å²) in [6, 6.07) is 7.45. The zero-order chi connectivity index (χ0) is 28.1. The third-order valence-corrected chi connectivity index (χ3v) is 7.42. The van der Waals surface area contributed by atoms with Gasteiger partial charge < -0.3 is 19.4 Å². The first-order chi connectivity index (χ1) is 18.8. The van der Waals surface area contributed by atoms with Crippen LogP contribution in [0.4, 0.5) is 0 Å². The molecule has 0 bridgehead atoms. The minimum Gasteiger partial charge on any atom is -0.460 e. The number of aldehydes is 1. The molecule has 4 heterocycles. The van der Waals surface area contributed by atoms with E-state index in [1.165, 1.54) is 19.5 Å². The number of amides is 1. The Labute approximate surface area is 230 Å². The lowest BCUT2D eigenvalue weighted by Gasteiger charge is -2.26. The summed E-state index contributed by atoms with van der Waals surface area (Å²) in [7, 11) is 2.18. The van der Waals surface area contributed by atoms with E-state index in [0.29, 0.717) is 34.0 Å². The van der Waals surface area contributed by atoms with Crippen molar-refractivity contribution in [3.63, 3.8) is 0 Å². The standard InChI is InChI=1S/C23H21N3O4.C6H13N.C2H6/c1-13-15(12-27)11-26-22(13)19(8-9-24-26)30-17-6-7-18-20(10-17)29-14(2)21(18)23(28)25-16-4-3-5-16;1-6-3-4-7(2)5-6;1-2/h6-12,16H,3-5H2,1-2H3,(H,25,28);6H,3-5H2,1-2H3;1-2H3. The summed E-state index contributed by atoms with van der Waals surface area (Å²) in [5.74, 6) is 2.60. The zero-order valence-electron chi connectivity index (χ0n) is 23.9. The number of furan rings is 1. The van der Waals surface area contributed by atoms with Gasteiger partial charge in [-0.3, -0.25) is 9.59 Å². The second kappa shape index (κ2) is 12.5. The molecular formula is C31H40N4O4. The summed E-state index contributed by atoms with van der Waals surface area (Å²) < 4.78 is 13.6. The molecule has 8 nitrogen and oxygen atoms in total. The van der Waals surface area contributed by atoms with Crippen LogP contribution in [0.5, 0.6) is 11.5 Å². The molecule has 4 aromatic rings. The van der Waals surface area contributed by atoms with Crippen LogP contribution >= 0.6 is 0 Å². The SMILES string of the molecule is CC.CC1CCN(C)C1.Cc1oc2cc(Oc3ccnn4cc(C=O)c(C)c34)ccc2c1C(=O)NC1CCC1. The molecule has 3 aromatic heterocycles. The van der Waals surface area contributed by atoms with Crippen LogP contribution in [0.1, 0.15) is 78.5 Å². The molecule has 2 aliphatic rings. The molecule has 1 saturated carbocycles. The van der Waals surface area contributed by atoms with Crippen molar-refractivity contribution in [1.82, 2.24) is 19.8 Å². The van der Waals surface area contributed by atoms with E-state index in [-0.39, 0.29) is 11.9 Å². The van der Waals surface area contributed by atoms with Crippen molar-refractivity contribution >= 4 is 28.7 Å². The highest BCUT2D eigenvalue weighted by Gasteiger charge is 2.24. The number of ether oxygens (including phenoxy) is 1. The summed E-state index contributed by atoms with van der Waals surface area (Å²) in [4.78, 5) is 26.3. The third-order valence-electron chi connectivity index (χ3n) is 7.42. The Balaban J connectivity index is 0.000000338. The first-order valence-electron chi connectivity index (χ1n) is 14.0. The summed E-state index contributed by atoms with van der Waals surface area (Å²) in [6.07, 6.45) is 8.73. The molecule has 1 aliphatic heterocycles. The van der Waals surface area contributed by atoms with E-state index in [9.17, 15) is 9.59 Å². The monoisotopic (exact) mass is 532 g/mol. The number of aromatic nitrogens is 2. The van der Waals surface area contributed by atoms with Gasteiger partial charge in [-0.2, -0.15) is 5.10 Å².